The maximum Gasteiger partial charge on any atom is 0.293 e. The Balaban J connectivity index is 1.40. The van der Waals surface area contributed by atoms with E-state index in [1.165, 1.54) is 20.3 Å². The number of para-hydroxylation sites is 1. The van der Waals surface area contributed by atoms with Crippen molar-refractivity contribution in [2.75, 3.05) is 31.6 Å². The van der Waals surface area contributed by atoms with Crippen LogP contribution in [0.3, 0.4) is 0 Å². The molecular weight excluding hydrogens is 464 g/mol. The van der Waals surface area contributed by atoms with Gasteiger partial charge in [0.15, 0.2) is 11.5 Å². The van der Waals surface area contributed by atoms with Gasteiger partial charge in [0.25, 0.3) is 5.91 Å². The summed E-state index contributed by atoms with van der Waals surface area (Å²) in [6.45, 7) is 0.170. The van der Waals surface area contributed by atoms with Gasteiger partial charge >= 0.3 is 0 Å². The van der Waals surface area contributed by atoms with Crippen LogP contribution in [0.15, 0.2) is 71.2 Å². The third-order valence-corrected chi connectivity index (χ3v) is 5.53. The van der Waals surface area contributed by atoms with E-state index in [1.807, 2.05) is 6.07 Å². The Labute approximate surface area is 206 Å². The van der Waals surface area contributed by atoms with Gasteiger partial charge in [-0.15, -0.1) is 0 Å². The van der Waals surface area contributed by atoms with Crippen LogP contribution in [0.2, 0.25) is 0 Å². The molecule has 0 fully saturated rings. The van der Waals surface area contributed by atoms with Gasteiger partial charge in [0.05, 0.1) is 19.9 Å². The first-order valence-electron chi connectivity index (χ1n) is 11.0. The topological polar surface area (TPSA) is 108 Å². The minimum atomic E-state index is -0.551. The normalized spacial score (nSPS) is 12.1. The molecule has 36 heavy (non-hydrogen) atoms. The number of ether oxygens (including phenoxy) is 4. The molecule has 0 unspecified atom stereocenters. The molecule has 0 spiro atoms. The molecule has 2 amide bonds. The molecule has 4 aromatic rings. The SMILES string of the molecule is COc1ccc(NC(=O)c2oc3ccccc3c2NC(=O)/C=C\c2ccc3c(c2)OCO3)c(OC)c1. The quantitative estimate of drug-likeness (QED) is 0.351. The number of nitrogens with one attached hydrogen (secondary N) is 2. The maximum absolute atomic E-state index is 13.2. The van der Waals surface area contributed by atoms with Crippen LogP contribution in [0.5, 0.6) is 23.0 Å². The van der Waals surface area contributed by atoms with Crippen LogP contribution in [0.25, 0.3) is 17.0 Å². The van der Waals surface area contributed by atoms with Crippen LogP contribution >= 0.6 is 0 Å². The van der Waals surface area contributed by atoms with Crippen LogP contribution in [0.4, 0.5) is 11.4 Å². The van der Waals surface area contributed by atoms with Gasteiger partial charge in [-0.25, -0.2) is 0 Å². The molecule has 0 bridgehead atoms. The van der Waals surface area contributed by atoms with E-state index in [9.17, 15) is 9.59 Å². The summed E-state index contributed by atoms with van der Waals surface area (Å²) < 4.78 is 27.1. The number of carbonyl (C=O) groups is 2. The number of benzene rings is 3. The smallest absolute Gasteiger partial charge is 0.293 e. The highest BCUT2D eigenvalue weighted by Gasteiger charge is 2.23. The summed E-state index contributed by atoms with van der Waals surface area (Å²) in [5, 5.41) is 6.15. The monoisotopic (exact) mass is 486 g/mol. The molecule has 9 nitrogen and oxygen atoms in total. The lowest BCUT2D eigenvalue weighted by Crippen LogP contribution is -2.16. The predicted octanol–water partition coefficient (Wildman–Crippen LogP) is 5.08. The van der Waals surface area contributed by atoms with Gasteiger partial charge in [0, 0.05) is 17.5 Å². The van der Waals surface area contributed by atoms with Crippen molar-refractivity contribution in [1.29, 1.82) is 0 Å². The molecule has 1 aromatic heterocycles. The highest BCUT2D eigenvalue weighted by Crippen LogP contribution is 2.35. The molecule has 0 saturated carbocycles. The summed E-state index contributed by atoms with van der Waals surface area (Å²) in [7, 11) is 3.03. The number of furan rings is 1. The molecule has 2 heterocycles. The first kappa shape index (κ1) is 22.9. The van der Waals surface area contributed by atoms with Crippen molar-refractivity contribution in [3.8, 4) is 23.0 Å². The zero-order valence-electron chi connectivity index (χ0n) is 19.5. The Bertz CT molecular complexity index is 1490. The van der Waals surface area contributed by atoms with Crippen molar-refractivity contribution in [3.05, 3.63) is 78.1 Å². The Morgan fingerprint density at radius 3 is 2.58 bits per heavy atom. The van der Waals surface area contributed by atoms with Crippen molar-refractivity contribution < 1.29 is 33.0 Å². The molecule has 1 aliphatic rings. The number of rotatable bonds is 7. The molecule has 182 valence electrons. The number of amides is 2. The number of carbonyl (C=O) groups excluding carboxylic acids is 2. The lowest BCUT2D eigenvalue weighted by Gasteiger charge is -2.11. The summed E-state index contributed by atoms with van der Waals surface area (Å²) in [6, 6.07) is 17.4. The van der Waals surface area contributed by atoms with E-state index < -0.39 is 11.8 Å². The standard InChI is InChI=1S/C27H22N2O7/c1-32-17-9-10-19(22(14-17)33-2)28-27(31)26-25(18-5-3-4-6-20(18)36-26)29-24(30)12-8-16-7-11-21-23(13-16)35-15-34-21/h3-14H,15H2,1-2H3,(H,28,31)(H,29,30)/b12-8-. The molecule has 9 heteroatoms. The van der Waals surface area contributed by atoms with Gasteiger partial charge in [-0.2, -0.15) is 0 Å². The number of anilines is 2. The summed E-state index contributed by atoms with van der Waals surface area (Å²) in [5.74, 6) is 1.24. The Morgan fingerprint density at radius 2 is 1.75 bits per heavy atom. The van der Waals surface area contributed by atoms with E-state index in [-0.39, 0.29) is 18.2 Å². The molecule has 2 N–H and O–H groups in total. The van der Waals surface area contributed by atoms with E-state index >= 15 is 0 Å². The van der Waals surface area contributed by atoms with Gasteiger partial charge in [-0.3, -0.25) is 9.59 Å². The van der Waals surface area contributed by atoms with Crippen LogP contribution in [-0.2, 0) is 4.79 Å². The van der Waals surface area contributed by atoms with E-state index in [1.54, 1.807) is 60.7 Å². The summed E-state index contributed by atoms with van der Waals surface area (Å²) >= 11 is 0. The average Bonchev–Trinajstić information content (AvgIpc) is 3.52. The third kappa shape index (κ3) is 4.54. The van der Waals surface area contributed by atoms with Crippen LogP contribution in [-0.4, -0.2) is 32.8 Å². The molecule has 1 aliphatic heterocycles. The largest absolute Gasteiger partial charge is 0.497 e. The van der Waals surface area contributed by atoms with Crippen molar-refractivity contribution in [1.82, 2.24) is 0 Å². The van der Waals surface area contributed by atoms with Crippen molar-refractivity contribution in [2.45, 2.75) is 0 Å². The molecule has 3 aromatic carbocycles. The lowest BCUT2D eigenvalue weighted by atomic mass is 10.2. The fraction of sp³-hybridized carbons (Fsp3) is 0.111. The van der Waals surface area contributed by atoms with E-state index in [4.69, 9.17) is 23.4 Å². The Morgan fingerprint density at radius 1 is 0.917 bits per heavy atom. The molecule has 0 saturated heterocycles. The van der Waals surface area contributed by atoms with Crippen LogP contribution in [0.1, 0.15) is 16.1 Å². The Kier molecular flexibility index (Phi) is 6.19. The second-order valence-corrected chi connectivity index (χ2v) is 7.76. The van der Waals surface area contributed by atoms with E-state index in [2.05, 4.69) is 10.6 Å². The number of methoxy groups -OCH3 is 2. The van der Waals surface area contributed by atoms with Gasteiger partial charge in [0.2, 0.25) is 18.5 Å². The second kappa shape index (κ2) is 9.75. The number of hydrogen-bond donors (Lipinski definition) is 2. The van der Waals surface area contributed by atoms with Crippen LogP contribution in [0, 0.1) is 0 Å². The maximum atomic E-state index is 13.2. The summed E-state index contributed by atoms with van der Waals surface area (Å²) in [5.41, 5.74) is 1.90. The zero-order valence-corrected chi connectivity index (χ0v) is 19.5. The molecular formula is C27H22N2O7. The molecule has 0 radical (unpaired) electrons. The molecule has 5 rings (SSSR count). The zero-order chi connectivity index (χ0) is 25.1. The van der Waals surface area contributed by atoms with Crippen molar-refractivity contribution in [2.24, 2.45) is 0 Å². The summed E-state index contributed by atoms with van der Waals surface area (Å²) in [6.07, 6.45) is 3.01. The third-order valence-electron chi connectivity index (χ3n) is 5.53. The van der Waals surface area contributed by atoms with E-state index in [0.29, 0.717) is 39.7 Å². The number of fused-ring (bicyclic) bond motifs is 2. The first-order chi connectivity index (χ1) is 17.6. The van der Waals surface area contributed by atoms with Gasteiger partial charge in [0.1, 0.15) is 22.8 Å². The highest BCUT2D eigenvalue weighted by atomic mass is 16.7. The fourth-order valence-corrected chi connectivity index (χ4v) is 3.76. The lowest BCUT2D eigenvalue weighted by molar-refractivity contribution is -0.111. The fourth-order valence-electron chi connectivity index (χ4n) is 3.76. The van der Waals surface area contributed by atoms with E-state index in [0.717, 1.165) is 5.56 Å². The Hall–Kier alpha value is -4.92. The minimum absolute atomic E-state index is 0.0427. The highest BCUT2D eigenvalue weighted by molar-refractivity contribution is 6.16. The average molecular weight is 486 g/mol. The first-order valence-corrected chi connectivity index (χ1v) is 11.0. The second-order valence-electron chi connectivity index (χ2n) is 7.76. The van der Waals surface area contributed by atoms with Crippen molar-refractivity contribution in [3.63, 3.8) is 0 Å². The van der Waals surface area contributed by atoms with Crippen LogP contribution < -0.4 is 29.6 Å². The van der Waals surface area contributed by atoms with Gasteiger partial charge in [-0.1, -0.05) is 18.2 Å². The summed E-state index contributed by atoms with van der Waals surface area (Å²) in [4.78, 5) is 26.0. The van der Waals surface area contributed by atoms with Gasteiger partial charge in [-0.05, 0) is 48.0 Å². The van der Waals surface area contributed by atoms with Gasteiger partial charge < -0.3 is 34.0 Å². The molecule has 0 atom stereocenters. The number of hydrogen-bond acceptors (Lipinski definition) is 7. The van der Waals surface area contributed by atoms with Crippen molar-refractivity contribution >= 4 is 40.2 Å². The predicted molar refractivity (Wildman–Crippen MR) is 134 cm³/mol. The minimum Gasteiger partial charge on any atom is -0.497 e. The molecule has 0 aliphatic carbocycles.